The van der Waals surface area contributed by atoms with Crippen molar-refractivity contribution in [2.45, 2.75) is 38.3 Å². The highest BCUT2D eigenvalue weighted by atomic mass is 16.2. The number of nitrogens with one attached hydrogen (secondary N) is 2. The molecule has 2 aliphatic heterocycles. The second-order valence-corrected chi connectivity index (χ2v) is 8.07. The van der Waals surface area contributed by atoms with Gasteiger partial charge in [0.05, 0.1) is 6.04 Å². The minimum absolute atomic E-state index is 0.000558. The van der Waals surface area contributed by atoms with E-state index < -0.39 is 0 Å². The van der Waals surface area contributed by atoms with Crippen LogP contribution in [-0.4, -0.2) is 42.8 Å². The molecule has 1 fully saturated rings. The van der Waals surface area contributed by atoms with Gasteiger partial charge in [0.2, 0.25) is 0 Å². The highest BCUT2D eigenvalue weighted by Gasteiger charge is 2.31. The number of anilines is 1. The molecule has 0 saturated carbocycles. The molecular formula is C24H30N4O. The van der Waals surface area contributed by atoms with Gasteiger partial charge in [0.25, 0.3) is 0 Å². The molecule has 0 bridgehead atoms. The van der Waals surface area contributed by atoms with Crippen LogP contribution >= 0.6 is 0 Å². The average molecular weight is 391 g/mol. The Bertz CT molecular complexity index is 871. The van der Waals surface area contributed by atoms with Gasteiger partial charge in [-0.15, -0.1) is 0 Å². The molecule has 5 nitrogen and oxygen atoms in total. The molecule has 2 amide bonds. The van der Waals surface area contributed by atoms with Gasteiger partial charge in [-0.2, -0.15) is 0 Å². The number of hydrogen-bond donors (Lipinski definition) is 2. The van der Waals surface area contributed by atoms with Gasteiger partial charge in [-0.3, -0.25) is 4.99 Å². The number of aliphatic imine (C=N–C) groups is 1. The second-order valence-electron chi connectivity index (χ2n) is 8.07. The van der Waals surface area contributed by atoms with Crippen LogP contribution in [0.3, 0.4) is 0 Å². The van der Waals surface area contributed by atoms with Crippen LogP contribution in [0.25, 0.3) is 0 Å². The molecule has 0 aliphatic carbocycles. The van der Waals surface area contributed by atoms with Gasteiger partial charge in [-0.25, -0.2) is 4.79 Å². The Hall–Kier alpha value is -2.66. The summed E-state index contributed by atoms with van der Waals surface area (Å²) >= 11 is 0. The third-order valence-corrected chi connectivity index (χ3v) is 6.33. The van der Waals surface area contributed by atoms with Crippen LogP contribution in [0, 0.1) is 5.92 Å². The lowest BCUT2D eigenvalue weighted by atomic mass is 9.84. The zero-order valence-corrected chi connectivity index (χ0v) is 17.3. The summed E-state index contributed by atoms with van der Waals surface area (Å²) in [5, 5.41) is 6.54. The van der Waals surface area contributed by atoms with Crippen molar-refractivity contribution < 1.29 is 4.79 Å². The maximum atomic E-state index is 12.5. The Kier molecular flexibility index (Phi) is 5.95. The number of urea groups is 1. The maximum absolute atomic E-state index is 12.5. The molecule has 2 heterocycles. The molecule has 5 heteroatoms. The first kappa shape index (κ1) is 19.6. The molecule has 1 saturated heterocycles. The number of para-hydroxylation sites is 1. The number of likely N-dealkylation sites (tertiary alicyclic amines) is 1. The summed E-state index contributed by atoms with van der Waals surface area (Å²) in [6.07, 6.45) is 3.04. The van der Waals surface area contributed by atoms with E-state index in [1.807, 2.05) is 35.2 Å². The van der Waals surface area contributed by atoms with Crippen molar-refractivity contribution in [3.05, 3.63) is 65.7 Å². The first-order valence-corrected chi connectivity index (χ1v) is 10.6. The lowest BCUT2D eigenvalue weighted by molar-refractivity contribution is 0.164. The third-order valence-electron chi connectivity index (χ3n) is 6.33. The molecule has 2 unspecified atom stereocenters. The van der Waals surface area contributed by atoms with E-state index in [2.05, 4.69) is 48.9 Å². The summed E-state index contributed by atoms with van der Waals surface area (Å²) in [5.41, 5.74) is 4.64. The highest BCUT2D eigenvalue weighted by Crippen LogP contribution is 2.35. The topological polar surface area (TPSA) is 56.7 Å². The van der Waals surface area contributed by atoms with Gasteiger partial charge in [0.15, 0.2) is 0 Å². The summed E-state index contributed by atoms with van der Waals surface area (Å²) in [6, 6.07) is 18.9. The SMILES string of the molecule is CNC(CC1N=C(C)c2ccccc21)C1CCN(C(=O)Nc2ccccc2)CC1. The molecule has 2 aromatic rings. The van der Waals surface area contributed by atoms with Gasteiger partial charge in [0, 0.05) is 36.1 Å². The molecule has 29 heavy (non-hydrogen) atoms. The van der Waals surface area contributed by atoms with E-state index in [1.54, 1.807) is 0 Å². The first-order chi connectivity index (χ1) is 14.2. The van der Waals surface area contributed by atoms with Crippen LogP contribution in [0.2, 0.25) is 0 Å². The fourth-order valence-electron chi connectivity index (χ4n) is 4.69. The number of nitrogens with zero attached hydrogens (tertiary/aromatic N) is 2. The van der Waals surface area contributed by atoms with E-state index in [9.17, 15) is 4.79 Å². The van der Waals surface area contributed by atoms with Crippen molar-refractivity contribution >= 4 is 17.4 Å². The molecule has 152 valence electrons. The van der Waals surface area contributed by atoms with Crippen molar-refractivity contribution in [3.63, 3.8) is 0 Å². The van der Waals surface area contributed by atoms with Crippen molar-refractivity contribution in [3.8, 4) is 0 Å². The van der Waals surface area contributed by atoms with Gasteiger partial charge in [-0.1, -0.05) is 42.5 Å². The highest BCUT2D eigenvalue weighted by molar-refractivity contribution is 6.02. The average Bonchev–Trinajstić information content (AvgIpc) is 3.08. The van der Waals surface area contributed by atoms with Crippen LogP contribution in [0.15, 0.2) is 59.6 Å². The molecule has 2 aromatic carbocycles. The smallest absolute Gasteiger partial charge is 0.321 e. The summed E-state index contributed by atoms with van der Waals surface area (Å²) in [6.45, 7) is 3.70. The number of fused-ring (bicyclic) bond motifs is 1. The predicted octanol–water partition coefficient (Wildman–Crippen LogP) is 4.47. The van der Waals surface area contributed by atoms with Crippen molar-refractivity contribution in [2.75, 3.05) is 25.5 Å². The number of carbonyl (C=O) groups is 1. The van der Waals surface area contributed by atoms with Crippen LogP contribution < -0.4 is 10.6 Å². The molecule has 2 aliphatic rings. The van der Waals surface area contributed by atoms with E-state index >= 15 is 0 Å². The molecular weight excluding hydrogens is 360 g/mol. The molecule has 0 spiro atoms. The molecule has 2 N–H and O–H groups in total. The predicted molar refractivity (Wildman–Crippen MR) is 119 cm³/mol. The summed E-state index contributed by atoms with van der Waals surface area (Å²) in [4.78, 5) is 19.4. The minimum atomic E-state index is 0.000558. The molecule has 4 rings (SSSR count). The maximum Gasteiger partial charge on any atom is 0.321 e. The lowest BCUT2D eigenvalue weighted by Crippen LogP contribution is -2.46. The fraction of sp³-hybridized carbons (Fsp3) is 0.417. The van der Waals surface area contributed by atoms with Crippen LogP contribution in [0.1, 0.15) is 43.4 Å². The lowest BCUT2D eigenvalue weighted by Gasteiger charge is -2.36. The van der Waals surface area contributed by atoms with E-state index in [0.29, 0.717) is 12.0 Å². The number of carbonyl (C=O) groups excluding carboxylic acids is 1. The van der Waals surface area contributed by atoms with E-state index in [4.69, 9.17) is 4.99 Å². The zero-order valence-electron chi connectivity index (χ0n) is 17.3. The summed E-state index contributed by atoms with van der Waals surface area (Å²) < 4.78 is 0. The van der Waals surface area contributed by atoms with Gasteiger partial charge in [0.1, 0.15) is 0 Å². The number of piperidine rings is 1. The Morgan fingerprint density at radius 2 is 1.79 bits per heavy atom. The van der Waals surface area contributed by atoms with Crippen LogP contribution in [-0.2, 0) is 0 Å². The molecule has 0 radical (unpaired) electrons. The Labute approximate surface area is 173 Å². The number of amides is 2. The third kappa shape index (κ3) is 4.35. The van der Waals surface area contributed by atoms with Crippen molar-refractivity contribution in [1.82, 2.24) is 10.2 Å². The largest absolute Gasteiger partial charge is 0.325 e. The van der Waals surface area contributed by atoms with E-state index in [-0.39, 0.29) is 12.1 Å². The fourth-order valence-corrected chi connectivity index (χ4v) is 4.69. The summed E-state index contributed by atoms with van der Waals surface area (Å²) in [5.74, 6) is 0.559. The van der Waals surface area contributed by atoms with E-state index in [1.165, 1.54) is 11.1 Å². The van der Waals surface area contributed by atoms with Crippen molar-refractivity contribution in [1.29, 1.82) is 0 Å². The summed E-state index contributed by atoms with van der Waals surface area (Å²) in [7, 11) is 2.05. The number of rotatable bonds is 5. The first-order valence-electron chi connectivity index (χ1n) is 10.6. The number of hydrogen-bond acceptors (Lipinski definition) is 3. The zero-order chi connectivity index (χ0) is 20.2. The van der Waals surface area contributed by atoms with Crippen LogP contribution in [0.4, 0.5) is 10.5 Å². The van der Waals surface area contributed by atoms with Crippen LogP contribution in [0.5, 0.6) is 0 Å². The Balaban J connectivity index is 1.33. The van der Waals surface area contributed by atoms with Crippen molar-refractivity contribution in [2.24, 2.45) is 10.9 Å². The van der Waals surface area contributed by atoms with Gasteiger partial charge in [-0.05, 0) is 56.8 Å². The standard InChI is InChI=1S/C24H30N4O/c1-17-20-10-6-7-11-21(20)23(26-17)16-22(25-2)18-12-14-28(15-13-18)24(29)27-19-8-4-3-5-9-19/h3-11,18,22-23,25H,12-16H2,1-2H3,(H,27,29). The quantitative estimate of drug-likeness (QED) is 0.791. The molecule has 0 aromatic heterocycles. The number of benzene rings is 2. The Morgan fingerprint density at radius 3 is 2.52 bits per heavy atom. The second kappa shape index (κ2) is 8.78. The Morgan fingerprint density at radius 1 is 1.10 bits per heavy atom. The minimum Gasteiger partial charge on any atom is -0.325 e. The molecule has 2 atom stereocenters. The van der Waals surface area contributed by atoms with Gasteiger partial charge >= 0.3 is 6.03 Å². The monoisotopic (exact) mass is 390 g/mol. The van der Waals surface area contributed by atoms with E-state index in [0.717, 1.165) is 43.8 Å². The normalized spacial score (nSPS) is 20.1. The van der Waals surface area contributed by atoms with Gasteiger partial charge < -0.3 is 15.5 Å².